The van der Waals surface area contributed by atoms with Crippen LogP contribution in [0.25, 0.3) is 0 Å². The van der Waals surface area contributed by atoms with Crippen LogP contribution in [0.15, 0.2) is 0 Å². The van der Waals surface area contributed by atoms with Gasteiger partial charge in [0.05, 0.1) is 6.54 Å². The second-order valence-electron chi connectivity index (χ2n) is 5.33. The zero-order valence-corrected chi connectivity index (χ0v) is 11.6. The first-order valence-electron chi connectivity index (χ1n) is 7.19. The molecule has 1 saturated heterocycles. The fourth-order valence-electron chi connectivity index (χ4n) is 3.21. The number of carbonyl (C=O) groups is 2. The van der Waals surface area contributed by atoms with E-state index in [9.17, 15) is 9.59 Å². The van der Waals surface area contributed by atoms with E-state index in [0.717, 1.165) is 19.4 Å². The molecule has 2 unspecified atom stereocenters. The third-order valence-corrected chi connectivity index (χ3v) is 4.29. The Morgan fingerprint density at radius 2 is 2.32 bits per heavy atom. The molecular weight excluding hydrogens is 244 g/mol. The van der Waals surface area contributed by atoms with Gasteiger partial charge in [-0.1, -0.05) is 13.3 Å². The van der Waals surface area contributed by atoms with Crippen molar-refractivity contribution in [3.63, 3.8) is 0 Å². The Kier molecular flexibility index (Phi) is 4.76. The molecule has 1 aliphatic carbocycles. The molecule has 3 amide bonds. The van der Waals surface area contributed by atoms with E-state index in [2.05, 4.69) is 17.1 Å². The van der Waals surface area contributed by atoms with E-state index < -0.39 is 0 Å². The smallest absolute Gasteiger partial charge is 0.324 e. The Hall–Kier alpha value is -1.14. The highest BCUT2D eigenvalue weighted by Crippen LogP contribution is 2.29. The summed E-state index contributed by atoms with van der Waals surface area (Å²) in [5.41, 5.74) is 5.81. The lowest BCUT2D eigenvalue weighted by atomic mass is 10.0. The molecule has 2 rings (SSSR count). The van der Waals surface area contributed by atoms with Crippen molar-refractivity contribution >= 4 is 11.9 Å². The van der Waals surface area contributed by atoms with Crippen molar-refractivity contribution in [2.24, 2.45) is 11.7 Å². The van der Waals surface area contributed by atoms with E-state index in [0.29, 0.717) is 38.1 Å². The van der Waals surface area contributed by atoms with Gasteiger partial charge in [-0.25, -0.2) is 4.79 Å². The van der Waals surface area contributed by atoms with Crippen LogP contribution in [0, 0.1) is 5.92 Å². The fraction of sp³-hybridized carbons (Fsp3) is 0.846. The molecule has 3 N–H and O–H groups in total. The fourth-order valence-corrected chi connectivity index (χ4v) is 3.21. The number of likely N-dealkylation sites (N-methyl/N-ethyl adjacent to an activating group) is 1. The van der Waals surface area contributed by atoms with Gasteiger partial charge in [0, 0.05) is 19.1 Å². The molecule has 6 nitrogen and oxygen atoms in total. The molecule has 6 heteroatoms. The van der Waals surface area contributed by atoms with Gasteiger partial charge in [-0.2, -0.15) is 0 Å². The number of hydrogen-bond acceptors (Lipinski definition) is 4. The van der Waals surface area contributed by atoms with Crippen molar-refractivity contribution in [2.75, 3.05) is 32.7 Å². The van der Waals surface area contributed by atoms with Crippen molar-refractivity contribution in [3.8, 4) is 0 Å². The van der Waals surface area contributed by atoms with Crippen LogP contribution in [0.1, 0.15) is 26.2 Å². The van der Waals surface area contributed by atoms with E-state index in [-0.39, 0.29) is 11.9 Å². The lowest BCUT2D eigenvalue weighted by Gasteiger charge is -2.31. The van der Waals surface area contributed by atoms with Gasteiger partial charge in [0.2, 0.25) is 5.91 Å². The third kappa shape index (κ3) is 3.06. The van der Waals surface area contributed by atoms with Crippen LogP contribution in [0.3, 0.4) is 0 Å². The molecule has 108 valence electrons. The summed E-state index contributed by atoms with van der Waals surface area (Å²) < 4.78 is 0. The van der Waals surface area contributed by atoms with Crippen LogP contribution in [-0.4, -0.2) is 60.5 Å². The lowest BCUT2D eigenvalue weighted by Crippen LogP contribution is -2.47. The average Bonchev–Trinajstić information content (AvgIpc) is 3.03. The quantitative estimate of drug-likeness (QED) is 0.735. The van der Waals surface area contributed by atoms with Crippen LogP contribution in [0.4, 0.5) is 4.79 Å². The molecule has 0 spiro atoms. The minimum atomic E-state index is -0.261. The van der Waals surface area contributed by atoms with Crippen molar-refractivity contribution < 1.29 is 9.59 Å². The summed E-state index contributed by atoms with van der Waals surface area (Å²) in [4.78, 5) is 27.1. The van der Waals surface area contributed by atoms with E-state index in [1.165, 1.54) is 11.3 Å². The summed E-state index contributed by atoms with van der Waals surface area (Å²) in [5, 5.41) is 2.66. The van der Waals surface area contributed by atoms with Crippen molar-refractivity contribution in [2.45, 2.75) is 32.2 Å². The highest BCUT2D eigenvalue weighted by molar-refractivity contribution is 5.96. The molecule has 0 aromatic carbocycles. The van der Waals surface area contributed by atoms with E-state index >= 15 is 0 Å². The maximum atomic E-state index is 12.2. The highest BCUT2D eigenvalue weighted by atomic mass is 16.2. The summed E-state index contributed by atoms with van der Waals surface area (Å²) in [6.07, 6.45) is 3.44. The van der Waals surface area contributed by atoms with Crippen molar-refractivity contribution in [1.82, 2.24) is 15.1 Å². The monoisotopic (exact) mass is 268 g/mol. The van der Waals surface area contributed by atoms with Gasteiger partial charge in [0.1, 0.15) is 0 Å². The van der Waals surface area contributed by atoms with Gasteiger partial charge in [-0.05, 0) is 31.8 Å². The van der Waals surface area contributed by atoms with Crippen LogP contribution in [0.2, 0.25) is 0 Å². The molecule has 0 bridgehead atoms. The highest BCUT2D eigenvalue weighted by Gasteiger charge is 2.33. The van der Waals surface area contributed by atoms with Crippen LogP contribution in [-0.2, 0) is 4.79 Å². The Balaban J connectivity index is 1.95. The molecule has 0 aromatic heterocycles. The molecule has 2 atom stereocenters. The van der Waals surface area contributed by atoms with E-state index in [4.69, 9.17) is 5.73 Å². The minimum absolute atomic E-state index is 0.0977. The summed E-state index contributed by atoms with van der Waals surface area (Å²) in [6.45, 7) is 4.93. The molecule has 1 heterocycles. The third-order valence-electron chi connectivity index (χ3n) is 4.29. The second-order valence-corrected chi connectivity index (χ2v) is 5.33. The summed E-state index contributed by atoms with van der Waals surface area (Å²) in [5.74, 6) is 0.389. The Bertz CT molecular complexity index is 348. The zero-order valence-electron chi connectivity index (χ0n) is 11.6. The summed E-state index contributed by atoms with van der Waals surface area (Å²) >= 11 is 0. The van der Waals surface area contributed by atoms with Gasteiger partial charge in [-0.15, -0.1) is 0 Å². The number of nitrogens with zero attached hydrogens (tertiary/aromatic N) is 2. The maximum Gasteiger partial charge on any atom is 0.324 e. The second kappa shape index (κ2) is 6.34. The predicted octanol–water partition coefficient (Wildman–Crippen LogP) is -0.0125. The van der Waals surface area contributed by atoms with E-state index in [1.54, 1.807) is 0 Å². The number of hydrogen-bond donors (Lipinski definition) is 2. The molecule has 19 heavy (non-hydrogen) atoms. The Labute approximate surface area is 114 Å². The normalized spacial score (nSPS) is 27.1. The standard InChI is InChI=1S/C13H24N4O2/c1-2-16(11-5-3-4-10(11)8-14)9-12(18)17-7-6-15-13(17)19/h10-11H,2-9,14H2,1H3,(H,15,19). The number of carbonyl (C=O) groups excluding carboxylic acids is 2. The molecule has 2 fully saturated rings. The zero-order chi connectivity index (χ0) is 13.8. The van der Waals surface area contributed by atoms with Crippen molar-refractivity contribution in [1.29, 1.82) is 0 Å². The number of nitrogens with one attached hydrogen (secondary N) is 1. The number of rotatable bonds is 5. The topological polar surface area (TPSA) is 78.7 Å². The Morgan fingerprint density at radius 1 is 1.53 bits per heavy atom. The maximum absolute atomic E-state index is 12.2. The minimum Gasteiger partial charge on any atom is -0.336 e. The molecule has 2 aliphatic rings. The predicted molar refractivity (Wildman–Crippen MR) is 72.5 cm³/mol. The first-order valence-corrected chi connectivity index (χ1v) is 7.19. The largest absolute Gasteiger partial charge is 0.336 e. The Morgan fingerprint density at radius 3 is 2.89 bits per heavy atom. The van der Waals surface area contributed by atoms with E-state index in [1.807, 2.05) is 0 Å². The van der Waals surface area contributed by atoms with Crippen LogP contribution >= 0.6 is 0 Å². The first-order chi connectivity index (χ1) is 9.17. The van der Waals surface area contributed by atoms with Gasteiger partial charge in [0.15, 0.2) is 0 Å². The molecule has 1 aliphatic heterocycles. The summed E-state index contributed by atoms with van der Waals surface area (Å²) in [7, 11) is 0. The van der Waals surface area contributed by atoms with Crippen LogP contribution < -0.4 is 11.1 Å². The SMILES string of the molecule is CCN(CC(=O)N1CCNC1=O)C1CCCC1CN. The lowest BCUT2D eigenvalue weighted by molar-refractivity contribution is -0.129. The van der Waals surface area contributed by atoms with Gasteiger partial charge < -0.3 is 11.1 Å². The summed E-state index contributed by atoms with van der Waals surface area (Å²) in [6, 6.07) is 0.132. The number of imide groups is 1. The average molecular weight is 268 g/mol. The molecule has 1 saturated carbocycles. The molecular formula is C13H24N4O2. The first kappa shape index (κ1) is 14.3. The molecule has 0 aromatic rings. The van der Waals surface area contributed by atoms with Crippen LogP contribution in [0.5, 0.6) is 0 Å². The van der Waals surface area contributed by atoms with Gasteiger partial charge in [0.25, 0.3) is 0 Å². The number of nitrogens with two attached hydrogens (primary N) is 1. The number of amides is 3. The van der Waals surface area contributed by atoms with Gasteiger partial charge >= 0.3 is 6.03 Å². The van der Waals surface area contributed by atoms with Gasteiger partial charge in [-0.3, -0.25) is 14.6 Å². The number of urea groups is 1. The molecule has 0 radical (unpaired) electrons. The van der Waals surface area contributed by atoms with Crippen molar-refractivity contribution in [3.05, 3.63) is 0 Å².